The molecular formula is C12H15N5O7. The van der Waals surface area contributed by atoms with Crippen molar-refractivity contribution in [3.05, 3.63) is 17.9 Å². The maximum atomic E-state index is 11.8. The average molecular weight is 341 g/mol. The molecule has 1 saturated heterocycles. The van der Waals surface area contributed by atoms with Crippen LogP contribution in [0.4, 0.5) is 5.82 Å². The molecule has 2 aromatic rings. The van der Waals surface area contributed by atoms with Gasteiger partial charge in [-0.3, -0.25) is 9.36 Å². The third-order valence-corrected chi connectivity index (χ3v) is 4.08. The summed E-state index contributed by atoms with van der Waals surface area (Å²) in [5.74, 6) is -1.34. The number of rotatable bonds is 4. The number of ether oxygens (including phenoxy) is 1. The normalized spacial score (nSPS) is 30.1. The Bertz CT molecular complexity index is 795. The van der Waals surface area contributed by atoms with Crippen LogP contribution in [0.3, 0.4) is 0 Å². The summed E-state index contributed by atoms with van der Waals surface area (Å²) in [6.07, 6.45) is -2.60. The van der Waals surface area contributed by atoms with E-state index in [4.69, 9.17) is 15.6 Å². The monoisotopic (exact) mass is 341 g/mol. The number of carbonyl (C=O) groups is 1. The first kappa shape index (κ1) is 16.5. The van der Waals surface area contributed by atoms with Gasteiger partial charge in [-0.05, 0) is 0 Å². The van der Waals surface area contributed by atoms with Gasteiger partial charge < -0.3 is 36.1 Å². The van der Waals surface area contributed by atoms with Crippen LogP contribution in [0.25, 0.3) is 11.2 Å². The van der Waals surface area contributed by atoms with Crippen LogP contribution in [-0.4, -0.2) is 71.8 Å². The predicted octanol–water partition coefficient (Wildman–Crippen LogP) is -3.81. The molecule has 0 aromatic carbocycles. The van der Waals surface area contributed by atoms with Crippen LogP contribution < -0.4 is 10.5 Å². The van der Waals surface area contributed by atoms with Crippen molar-refractivity contribution in [1.82, 2.24) is 14.5 Å². The molecule has 0 radical (unpaired) electrons. The standard InChI is InChI=1S/C12H15N5O7/c13-9-7-10(15-4-17(9)23)16(3-14-7)11-8(21)12(22,5(20)1-18)6(2-19)24-11/h3-4,6,8,11,18-19,21-22H,1-2,13H2/t6-,8+,11-,12-/m1/s1. The van der Waals surface area contributed by atoms with Crippen LogP contribution in [0.5, 0.6) is 0 Å². The van der Waals surface area contributed by atoms with E-state index in [1.807, 2.05) is 0 Å². The molecule has 4 atom stereocenters. The van der Waals surface area contributed by atoms with Gasteiger partial charge in [-0.1, -0.05) is 4.98 Å². The minimum Gasteiger partial charge on any atom is -0.740 e. The number of nitrogen functional groups attached to an aromatic ring is 1. The van der Waals surface area contributed by atoms with Crippen LogP contribution in [0.1, 0.15) is 6.23 Å². The zero-order chi connectivity index (χ0) is 17.6. The van der Waals surface area contributed by atoms with E-state index in [2.05, 4.69) is 9.97 Å². The molecule has 0 aliphatic carbocycles. The predicted molar refractivity (Wildman–Crippen MR) is 74.9 cm³/mol. The molecule has 1 aliphatic heterocycles. The summed E-state index contributed by atoms with van der Waals surface area (Å²) in [5.41, 5.74) is 3.19. The number of fused-ring (bicyclic) bond motifs is 1. The Kier molecular flexibility index (Phi) is 3.85. The number of aliphatic hydroxyl groups is 4. The Morgan fingerprint density at radius 1 is 1.50 bits per heavy atom. The van der Waals surface area contributed by atoms with E-state index in [1.165, 1.54) is 4.57 Å². The molecule has 3 heterocycles. The molecule has 2 aromatic heterocycles. The summed E-state index contributed by atoms with van der Waals surface area (Å²) in [5, 5.41) is 50.6. The molecule has 130 valence electrons. The van der Waals surface area contributed by atoms with Crippen LogP contribution in [0.15, 0.2) is 12.7 Å². The van der Waals surface area contributed by atoms with Crippen LogP contribution in [-0.2, 0) is 9.53 Å². The maximum Gasteiger partial charge on any atom is 0.251 e. The molecule has 1 aliphatic rings. The van der Waals surface area contributed by atoms with Gasteiger partial charge in [0.1, 0.15) is 25.1 Å². The molecule has 24 heavy (non-hydrogen) atoms. The van der Waals surface area contributed by atoms with E-state index in [0.717, 1.165) is 12.7 Å². The zero-order valence-electron chi connectivity index (χ0n) is 12.2. The second-order valence-corrected chi connectivity index (χ2v) is 5.33. The molecule has 0 bridgehead atoms. The first-order chi connectivity index (χ1) is 11.4. The number of Topliss-reactive ketones (excluding diaryl/α,β-unsaturated/α-hetero) is 1. The summed E-state index contributed by atoms with van der Waals surface area (Å²) < 4.78 is 6.83. The average Bonchev–Trinajstić information content (AvgIpc) is 3.11. The number of aliphatic hydroxyl groups excluding tert-OH is 3. The summed E-state index contributed by atoms with van der Waals surface area (Å²) in [6, 6.07) is 0. The molecule has 0 spiro atoms. The molecule has 12 nitrogen and oxygen atoms in total. The van der Waals surface area contributed by atoms with Gasteiger partial charge in [0.25, 0.3) is 5.82 Å². The minimum atomic E-state index is -2.51. The summed E-state index contributed by atoms with van der Waals surface area (Å²) >= 11 is 0. The van der Waals surface area contributed by atoms with E-state index >= 15 is 0 Å². The van der Waals surface area contributed by atoms with Crippen molar-refractivity contribution >= 4 is 22.8 Å². The topological polar surface area (TPSA) is 191 Å². The molecule has 0 unspecified atom stereocenters. The Morgan fingerprint density at radius 3 is 2.83 bits per heavy atom. The summed E-state index contributed by atoms with van der Waals surface area (Å²) in [4.78, 5) is 19.6. The first-order valence-electron chi connectivity index (χ1n) is 6.87. The lowest BCUT2D eigenvalue weighted by atomic mass is 9.88. The number of carbonyl (C=O) groups excluding carboxylic acids is 1. The Balaban J connectivity index is 2.08. The first-order valence-corrected chi connectivity index (χ1v) is 6.87. The van der Waals surface area contributed by atoms with E-state index in [0.29, 0.717) is 4.73 Å². The van der Waals surface area contributed by atoms with Gasteiger partial charge >= 0.3 is 0 Å². The lowest BCUT2D eigenvalue weighted by Crippen LogP contribution is -2.56. The fourth-order valence-corrected chi connectivity index (χ4v) is 2.75. The Hall–Kier alpha value is -2.38. The van der Waals surface area contributed by atoms with Crippen LogP contribution in [0.2, 0.25) is 0 Å². The number of imidazole rings is 1. The van der Waals surface area contributed by atoms with Crippen LogP contribution >= 0.6 is 0 Å². The number of aromatic nitrogens is 4. The highest BCUT2D eigenvalue weighted by Gasteiger charge is 2.60. The van der Waals surface area contributed by atoms with Crippen molar-refractivity contribution in [2.24, 2.45) is 0 Å². The smallest absolute Gasteiger partial charge is 0.251 e. The van der Waals surface area contributed by atoms with Crippen molar-refractivity contribution < 1.29 is 34.7 Å². The molecule has 1 fully saturated rings. The van der Waals surface area contributed by atoms with E-state index in [1.54, 1.807) is 0 Å². The minimum absolute atomic E-state index is 0.0350. The number of ketones is 1. The second-order valence-electron chi connectivity index (χ2n) is 5.33. The fourth-order valence-electron chi connectivity index (χ4n) is 2.75. The zero-order valence-corrected chi connectivity index (χ0v) is 12.2. The molecule has 6 N–H and O–H groups in total. The van der Waals surface area contributed by atoms with Gasteiger partial charge in [-0.15, -0.1) is 0 Å². The van der Waals surface area contributed by atoms with E-state index in [-0.39, 0.29) is 17.0 Å². The van der Waals surface area contributed by atoms with Gasteiger partial charge in [0, 0.05) is 0 Å². The summed E-state index contributed by atoms with van der Waals surface area (Å²) in [6.45, 7) is -1.83. The molecular weight excluding hydrogens is 326 g/mol. The highest BCUT2D eigenvalue weighted by atomic mass is 16.6. The van der Waals surface area contributed by atoms with Gasteiger partial charge in [0.2, 0.25) is 12.0 Å². The molecule has 3 rings (SSSR count). The van der Waals surface area contributed by atoms with Crippen molar-refractivity contribution in [2.75, 3.05) is 18.9 Å². The number of hydrogen-bond donors (Lipinski definition) is 5. The highest BCUT2D eigenvalue weighted by Crippen LogP contribution is 2.39. The lowest BCUT2D eigenvalue weighted by Gasteiger charge is -2.27. The van der Waals surface area contributed by atoms with E-state index in [9.17, 15) is 25.3 Å². The largest absolute Gasteiger partial charge is 0.740 e. The number of nitrogens with two attached hydrogens (primary N) is 1. The van der Waals surface area contributed by atoms with Crippen LogP contribution in [0, 0.1) is 5.21 Å². The third-order valence-electron chi connectivity index (χ3n) is 4.08. The van der Waals surface area contributed by atoms with Crippen molar-refractivity contribution in [3.8, 4) is 0 Å². The van der Waals surface area contributed by atoms with Crippen molar-refractivity contribution in [1.29, 1.82) is 0 Å². The fraction of sp³-hybridized carbons (Fsp3) is 0.500. The van der Waals surface area contributed by atoms with Gasteiger partial charge in [0.15, 0.2) is 23.1 Å². The van der Waals surface area contributed by atoms with Crippen molar-refractivity contribution in [2.45, 2.75) is 24.0 Å². The molecule has 0 saturated carbocycles. The van der Waals surface area contributed by atoms with Gasteiger partial charge in [0.05, 0.1) is 6.61 Å². The Morgan fingerprint density at radius 2 is 2.21 bits per heavy atom. The summed E-state index contributed by atoms with van der Waals surface area (Å²) in [7, 11) is 0. The second kappa shape index (κ2) is 5.61. The lowest BCUT2D eigenvalue weighted by molar-refractivity contribution is -0.592. The third kappa shape index (κ3) is 2.05. The van der Waals surface area contributed by atoms with Gasteiger partial charge in [-0.2, -0.15) is 0 Å². The van der Waals surface area contributed by atoms with E-state index < -0.39 is 43.0 Å². The Labute approximate surface area is 133 Å². The maximum absolute atomic E-state index is 11.8. The highest BCUT2D eigenvalue weighted by molar-refractivity contribution is 5.90. The van der Waals surface area contributed by atoms with Crippen molar-refractivity contribution in [3.63, 3.8) is 0 Å². The molecule has 12 heteroatoms. The number of anilines is 1. The SMILES string of the molecule is Nc1c2ncn([C@@H]3O[C@H](CO)[C@](O)(C(=O)CO)[C@H]3O)c2nc[n+]1[O-]. The number of nitrogens with zero attached hydrogens (tertiary/aromatic N) is 4. The quantitative estimate of drug-likeness (QED) is 0.272. The number of hydrogen-bond acceptors (Lipinski definition) is 10. The van der Waals surface area contributed by atoms with Gasteiger partial charge in [-0.25, -0.2) is 9.71 Å². The molecule has 0 amide bonds.